The number of hydrogen-bond donors (Lipinski definition) is 7. The van der Waals surface area contributed by atoms with Crippen molar-refractivity contribution in [2.75, 3.05) is 6.61 Å². The Labute approximate surface area is 113 Å². The highest BCUT2D eigenvalue weighted by Gasteiger charge is 2.40. The van der Waals surface area contributed by atoms with Crippen LogP contribution in [-0.2, 0) is 18.8 Å². The molecule has 0 aliphatic rings. The quantitative estimate of drug-likeness (QED) is 0.239. The third-order valence-electron chi connectivity index (χ3n) is 1.62. The van der Waals surface area contributed by atoms with Gasteiger partial charge in [-0.2, -0.15) is 0 Å². The molecule has 0 atom stereocenters. The summed E-state index contributed by atoms with van der Waals surface area (Å²) < 4.78 is 4.03. The second-order valence-corrected chi connectivity index (χ2v) is 4.92. The van der Waals surface area contributed by atoms with Gasteiger partial charge in [0, 0.05) is 6.61 Å². The van der Waals surface area contributed by atoms with Crippen LogP contribution in [0.1, 0.15) is 19.8 Å². The summed E-state index contributed by atoms with van der Waals surface area (Å²) in [7, 11) is -4.16. The van der Waals surface area contributed by atoms with Gasteiger partial charge >= 0.3 is 27.0 Å². The van der Waals surface area contributed by atoms with Crippen LogP contribution in [0.2, 0.25) is 0 Å². The average Bonchev–Trinajstić information content (AvgIpc) is 2.12. The Balaban J connectivity index is 0. The fraction of sp³-hybridized carbons (Fsp3) is 0.625. The average molecular weight is 316 g/mol. The molecule has 0 fully saturated rings. The largest absolute Gasteiger partial charge is 0.671 e. The van der Waals surface area contributed by atoms with Crippen LogP contribution < -0.4 is 0 Å². The molecular weight excluding hydrogens is 300 g/mol. The molecule has 7 N–H and O–H groups in total. The zero-order chi connectivity index (χ0) is 16.6. The predicted molar refractivity (Wildman–Crippen MR) is 61.1 cm³/mol. The van der Waals surface area contributed by atoms with Crippen molar-refractivity contribution in [2.24, 2.45) is 0 Å². The summed E-state index contributed by atoms with van der Waals surface area (Å²) in [5.41, 5.74) is -2.74. The number of carbonyl (C=O) groups is 3. The van der Waals surface area contributed by atoms with Crippen molar-refractivity contribution in [3.05, 3.63) is 0 Å². The van der Waals surface area contributed by atoms with Crippen LogP contribution >= 0.6 is 0 Å². The third-order valence-corrected chi connectivity index (χ3v) is 2.30. The van der Waals surface area contributed by atoms with E-state index in [4.69, 9.17) is 34.8 Å². The van der Waals surface area contributed by atoms with Gasteiger partial charge < -0.3 is 39.2 Å². The molecule has 0 saturated carbocycles. The predicted octanol–water partition coefficient (Wildman–Crippen LogP) is -2.81. The number of carboxylic acid groups (broad SMARTS) is 3. The standard InChI is InChI=1S/C6H8O7.C2H8O4Si/c7-3(8)1-6(13,5(11)12)2-4(9)10;1-2-6-7(3,4)5/h13H,1-2H2,(H,7,8)(H,9,10)(H,11,12);3-5H,2H2,1H3. The van der Waals surface area contributed by atoms with Gasteiger partial charge in [-0.25, -0.2) is 4.79 Å². The first-order valence-corrected chi connectivity index (χ1v) is 6.79. The maximum absolute atomic E-state index is 10.3. The lowest BCUT2D eigenvalue weighted by molar-refractivity contribution is -0.170. The summed E-state index contributed by atoms with van der Waals surface area (Å²) in [6.45, 7) is 1.68. The molecule has 0 aliphatic heterocycles. The highest BCUT2D eigenvalue weighted by atomic mass is 28.4. The smallest absolute Gasteiger partial charge is 0.481 e. The Morgan fingerprint density at radius 1 is 1.00 bits per heavy atom. The minimum absolute atomic E-state index is 0.121. The molecule has 12 heteroatoms. The second-order valence-electron chi connectivity index (χ2n) is 3.48. The van der Waals surface area contributed by atoms with Gasteiger partial charge in [0.2, 0.25) is 0 Å². The van der Waals surface area contributed by atoms with E-state index in [-0.39, 0.29) is 6.61 Å². The summed E-state index contributed by atoms with van der Waals surface area (Å²) in [4.78, 5) is 54.6. The fourth-order valence-electron chi connectivity index (χ4n) is 0.908. The van der Waals surface area contributed by atoms with E-state index < -0.39 is 45.4 Å². The minimum atomic E-state index is -4.16. The van der Waals surface area contributed by atoms with E-state index in [2.05, 4.69) is 4.43 Å². The molecule has 0 unspecified atom stereocenters. The maximum atomic E-state index is 10.3. The molecule has 0 aromatic carbocycles. The molecule has 0 aliphatic carbocycles. The minimum Gasteiger partial charge on any atom is -0.481 e. The van der Waals surface area contributed by atoms with Crippen LogP contribution in [0.15, 0.2) is 0 Å². The van der Waals surface area contributed by atoms with Crippen molar-refractivity contribution < 1.29 is 53.6 Å². The van der Waals surface area contributed by atoms with Gasteiger partial charge in [-0.15, -0.1) is 0 Å². The Morgan fingerprint density at radius 3 is 1.45 bits per heavy atom. The van der Waals surface area contributed by atoms with Crippen molar-refractivity contribution in [3.63, 3.8) is 0 Å². The van der Waals surface area contributed by atoms with Gasteiger partial charge in [0.15, 0.2) is 5.60 Å². The molecule has 11 nitrogen and oxygen atoms in total. The van der Waals surface area contributed by atoms with E-state index >= 15 is 0 Å². The summed E-state index contributed by atoms with van der Waals surface area (Å²) in [5.74, 6) is -5.02. The topological polar surface area (TPSA) is 202 Å². The zero-order valence-corrected chi connectivity index (χ0v) is 11.4. The molecule has 0 heterocycles. The van der Waals surface area contributed by atoms with Crippen molar-refractivity contribution in [2.45, 2.75) is 25.4 Å². The van der Waals surface area contributed by atoms with Crippen LogP contribution in [0.3, 0.4) is 0 Å². The van der Waals surface area contributed by atoms with Crippen molar-refractivity contribution in [1.29, 1.82) is 0 Å². The highest BCUT2D eigenvalue weighted by molar-refractivity contribution is 6.48. The van der Waals surface area contributed by atoms with E-state index in [0.29, 0.717) is 0 Å². The molecule has 0 aromatic rings. The lowest BCUT2D eigenvalue weighted by Gasteiger charge is -2.18. The Kier molecular flexibility index (Phi) is 8.88. The molecule has 20 heavy (non-hydrogen) atoms. The van der Waals surface area contributed by atoms with Gasteiger partial charge in [0.05, 0.1) is 12.8 Å². The van der Waals surface area contributed by atoms with E-state index in [9.17, 15) is 14.4 Å². The molecular formula is C8H16O11Si. The number of aliphatic carboxylic acids is 3. The molecule has 0 amide bonds. The SMILES string of the molecule is CCO[Si](O)(O)O.O=C(O)CC(O)(CC(=O)O)C(=O)O. The fourth-order valence-corrected chi connectivity index (χ4v) is 1.30. The van der Waals surface area contributed by atoms with Crippen molar-refractivity contribution >= 4 is 27.0 Å². The van der Waals surface area contributed by atoms with E-state index in [1.165, 1.54) is 0 Å². The molecule has 0 aromatic heterocycles. The summed E-state index contributed by atoms with van der Waals surface area (Å²) in [5, 5.41) is 33.8. The number of rotatable bonds is 7. The molecule has 0 bridgehead atoms. The molecule has 0 spiro atoms. The molecule has 0 rings (SSSR count). The first-order chi connectivity index (χ1) is 8.84. The molecule has 0 radical (unpaired) electrons. The third kappa shape index (κ3) is 11.5. The lowest BCUT2D eigenvalue weighted by atomic mass is 9.96. The first-order valence-electron chi connectivity index (χ1n) is 5.04. The molecule has 118 valence electrons. The second kappa shape index (κ2) is 8.57. The Bertz CT molecular complexity index is 331. The van der Waals surface area contributed by atoms with Crippen LogP contribution in [0, 0.1) is 0 Å². The summed E-state index contributed by atoms with van der Waals surface area (Å²) in [6.07, 6.45) is -2.29. The van der Waals surface area contributed by atoms with Gasteiger partial charge in [-0.1, -0.05) is 0 Å². The van der Waals surface area contributed by atoms with E-state index in [1.54, 1.807) is 6.92 Å². The van der Waals surface area contributed by atoms with E-state index in [0.717, 1.165) is 0 Å². The monoisotopic (exact) mass is 316 g/mol. The van der Waals surface area contributed by atoms with Crippen LogP contribution in [-0.4, -0.2) is 74.0 Å². The van der Waals surface area contributed by atoms with Gasteiger partial charge in [0.1, 0.15) is 0 Å². The van der Waals surface area contributed by atoms with Crippen molar-refractivity contribution in [3.8, 4) is 0 Å². The Morgan fingerprint density at radius 2 is 1.35 bits per heavy atom. The van der Waals surface area contributed by atoms with Gasteiger partial charge in [-0.05, 0) is 6.92 Å². The lowest BCUT2D eigenvalue weighted by Crippen LogP contribution is -2.42. The van der Waals surface area contributed by atoms with Gasteiger partial charge in [-0.3, -0.25) is 9.59 Å². The van der Waals surface area contributed by atoms with Gasteiger partial charge in [0.25, 0.3) is 0 Å². The van der Waals surface area contributed by atoms with Crippen LogP contribution in [0.25, 0.3) is 0 Å². The number of carboxylic acids is 3. The zero-order valence-electron chi connectivity index (χ0n) is 10.4. The molecule has 0 saturated heterocycles. The van der Waals surface area contributed by atoms with Crippen molar-refractivity contribution in [1.82, 2.24) is 0 Å². The number of aliphatic hydroxyl groups is 1. The highest BCUT2D eigenvalue weighted by Crippen LogP contribution is 2.15. The Hall–Kier alpha value is -1.57. The summed E-state index contributed by atoms with van der Waals surface area (Å²) >= 11 is 0. The summed E-state index contributed by atoms with van der Waals surface area (Å²) in [6, 6.07) is 0. The van der Waals surface area contributed by atoms with Crippen LogP contribution in [0.5, 0.6) is 0 Å². The normalized spacial score (nSPS) is 11.2. The van der Waals surface area contributed by atoms with Crippen LogP contribution in [0.4, 0.5) is 0 Å². The maximum Gasteiger partial charge on any atom is 0.671 e. The first kappa shape index (κ1) is 20.7. The van der Waals surface area contributed by atoms with E-state index in [1.807, 2.05) is 0 Å². The number of hydrogen-bond acceptors (Lipinski definition) is 8.